The van der Waals surface area contributed by atoms with Gasteiger partial charge >= 0.3 is 0 Å². The van der Waals surface area contributed by atoms with Crippen molar-refractivity contribution in [2.24, 2.45) is 7.05 Å². The second kappa shape index (κ2) is 8.23. The van der Waals surface area contributed by atoms with E-state index in [-0.39, 0.29) is 5.91 Å². The van der Waals surface area contributed by atoms with E-state index < -0.39 is 6.10 Å². The van der Waals surface area contributed by atoms with Gasteiger partial charge in [0.2, 0.25) is 5.95 Å². The topological polar surface area (TPSA) is 59.8 Å². The molecule has 0 N–H and O–H groups in total. The zero-order valence-electron chi connectivity index (χ0n) is 15.6. The summed E-state index contributed by atoms with van der Waals surface area (Å²) in [6.45, 7) is 5.11. The molecule has 1 atom stereocenters. The number of anilines is 1. The van der Waals surface area contributed by atoms with Crippen LogP contribution in [0.25, 0.3) is 0 Å². The quantitative estimate of drug-likeness (QED) is 0.786. The average molecular weight is 358 g/mol. The van der Waals surface area contributed by atoms with Gasteiger partial charge in [0.1, 0.15) is 11.9 Å². The second-order valence-electron chi connectivity index (χ2n) is 6.46. The maximum absolute atomic E-state index is 12.6. The Morgan fingerprint density at radius 3 is 2.69 bits per heavy atom. The van der Waals surface area contributed by atoms with Gasteiger partial charge in [-0.1, -0.05) is 12.1 Å². The molecule has 1 aromatic carbocycles. The summed E-state index contributed by atoms with van der Waals surface area (Å²) in [5, 5.41) is 0. The third kappa shape index (κ3) is 4.16. The van der Waals surface area contributed by atoms with Crippen LogP contribution in [0.3, 0.4) is 0 Å². The Bertz CT molecular complexity index is 738. The van der Waals surface area contributed by atoms with Crippen LogP contribution < -0.4 is 9.64 Å². The molecule has 0 saturated carbocycles. The van der Waals surface area contributed by atoms with Gasteiger partial charge in [0.05, 0.1) is 13.7 Å². The molecule has 7 nitrogen and oxygen atoms in total. The number of aromatic nitrogens is 2. The van der Waals surface area contributed by atoms with Crippen molar-refractivity contribution >= 4 is 11.9 Å². The summed E-state index contributed by atoms with van der Waals surface area (Å²) in [4.78, 5) is 21.1. The van der Waals surface area contributed by atoms with Gasteiger partial charge in [0.15, 0.2) is 0 Å². The third-order valence-corrected chi connectivity index (χ3v) is 4.65. The van der Waals surface area contributed by atoms with Crippen LogP contribution in [-0.4, -0.2) is 59.8 Å². The molecule has 2 aromatic rings. The summed E-state index contributed by atoms with van der Waals surface area (Å²) in [6.07, 6.45) is 3.25. The Hall–Kier alpha value is -2.54. The molecule has 0 spiro atoms. The lowest BCUT2D eigenvalue weighted by molar-refractivity contribution is -0.143. The molecule has 3 rings (SSSR count). The highest BCUT2D eigenvalue weighted by Crippen LogP contribution is 2.16. The van der Waals surface area contributed by atoms with E-state index in [0.717, 1.165) is 30.4 Å². The number of carbonyl (C=O) groups is 1. The first-order valence-corrected chi connectivity index (χ1v) is 8.84. The van der Waals surface area contributed by atoms with Crippen molar-refractivity contribution < 1.29 is 14.3 Å². The van der Waals surface area contributed by atoms with E-state index in [2.05, 4.69) is 9.88 Å². The van der Waals surface area contributed by atoms with E-state index in [0.29, 0.717) is 19.7 Å². The minimum atomic E-state index is -0.471. The van der Waals surface area contributed by atoms with Crippen LogP contribution in [0.5, 0.6) is 5.75 Å². The normalized spacial score (nSPS) is 15.8. The van der Waals surface area contributed by atoms with Crippen molar-refractivity contribution in [3.05, 3.63) is 42.2 Å². The van der Waals surface area contributed by atoms with E-state index in [1.54, 1.807) is 13.3 Å². The fourth-order valence-corrected chi connectivity index (χ4v) is 3.10. The molecule has 2 heterocycles. The van der Waals surface area contributed by atoms with Crippen LogP contribution in [0, 0.1) is 0 Å². The predicted octanol–water partition coefficient (Wildman–Crippen LogP) is 1.68. The summed E-state index contributed by atoms with van der Waals surface area (Å²) in [6, 6.07) is 7.69. The maximum atomic E-state index is 12.6. The van der Waals surface area contributed by atoms with E-state index in [1.165, 1.54) is 0 Å². The molecule has 0 aliphatic carbocycles. The van der Waals surface area contributed by atoms with Crippen molar-refractivity contribution in [1.29, 1.82) is 0 Å². The number of hydrogen-bond donors (Lipinski definition) is 0. The van der Waals surface area contributed by atoms with Crippen LogP contribution in [0.1, 0.15) is 12.5 Å². The monoisotopic (exact) mass is 358 g/mol. The minimum absolute atomic E-state index is 0.0346. The molecular weight excluding hydrogens is 332 g/mol. The molecule has 1 aliphatic rings. The van der Waals surface area contributed by atoms with E-state index in [1.807, 2.05) is 53.9 Å². The molecule has 1 saturated heterocycles. The third-order valence-electron chi connectivity index (χ3n) is 4.65. The molecule has 1 aromatic heterocycles. The second-order valence-corrected chi connectivity index (χ2v) is 6.46. The zero-order valence-corrected chi connectivity index (χ0v) is 15.6. The van der Waals surface area contributed by atoms with Crippen molar-refractivity contribution in [2.45, 2.75) is 19.6 Å². The van der Waals surface area contributed by atoms with Gasteiger partial charge in [-0.05, 0) is 24.6 Å². The molecule has 1 unspecified atom stereocenters. The lowest BCUT2D eigenvalue weighted by Crippen LogP contribution is -2.52. The standard InChI is InChI=1S/C19H26N4O3/c1-15(26-14-16-5-4-6-17(13-16)25-3)18(24)22-9-11-23(12-10-22)19-20-7-8-21(19)2/h4-8,13,15H,9-12,14H2,1-3H3. The Balaban J connectivity index is 1.49. The number of nitrogens with zero attached hydrogens (tertiary/aromatic N) is 4. The molecule has 140 valence electrons. The zero-order chi connectivity index (χ0) is 18.5. The van der Waals surface area contributed by atoms with Gasteiger partial charge in [0, 0.05) is 45.6 Å². The van der Waals surface area contributed by atoms with Gasteiger partial charge in [-0.15, -0.1) is 0 Å². The van der Waals surface area contributed by atoms with E-state index in [4.69, 9.17) is 9.47 Å². The predicted molar refractivity (Wildman–Crippen MR) is 99.2 cm³/mol. The van der Waals surface area contributed by atoms with Crippen molar-refractivity contribution in [2.75, 3.05) is 38.2 Å². The van der Waals surface area contributed by atoms with Crippen LogP contribution in [0.2, 0.25) is 0 Å². The Morgan fingerprint density at radius 1 is 1.27 bits per heavy atom. The van der Waals surface area contributed by atoms with E-state index in [9.17, 15) is 4.79 Å². The average Bonchev–Trinajstić information content (AvgIpc) is 3.11. The fourth-order valence-electron chi connectivity index (χ4n) is 3.10. The first-order valence-electron chi connectivity index (χ1n) is 8.84. The molecule has 0 radical (unpaired) electrons. The lowest BCUT2D eigenvalue weighted by Gasteiger charge is -2.36. The number of rotatable bonds is 6. The Kier molecular flexibility index (Phi) is 5.78. The van der Waals surface area contributed by atoms with Crippen molar-refractivity contribution in [3.8, 4) is 5.75 Å². The molecule has 0 bridgehead atoms. The molecule has 7 heteroatoms. The number of imidazole rings is 1. The largest absolute Gasteiger partial charge is 0.497 e. The Labute approximate surface area is 154 Å². The number of piperazine rings is 1. The highest BCUT2D eigenvalue weighted by atomic mass is 16.5. The molecule has 1 fully saturated rings. The molecule has 26 heavy (non-hydrogen) atoms. The maximum Gasteiger partial charge on any atom is 0.251 e. The lowest BCUT2D eigenvalue weighted by atomic mass is 10.2. The highest BCUT2D eigenvalue weighted by molar-refractivity contribution is 5.80. The molecular formula is C19H26N4O3. The summed E-state index contributed by atoms with van der Waals surface area (Å²) < 4.78 is 13.0. The van der Waals surface area contributed by atoms with Crippen LogP contribution in [0.15, 0.2) is 36.7 Å². The summed E-state index contributed by atoms with van der Waals surface area (Å²) in [5.41, 5.74) is 0.989. The molecule has 1 aliphatic heterocycles. The van der Waals surface area contributed by atoms with Gasteiger partial charge in [-0.3, -0.25) is 4.79 Å². The van der Waals surface area contributed by atoms with Crippen molar-refractivity contribution in [1.82, 2.24) is 14.5 Å². The number of ether oxygens (including phenoxy) is 2. The van der Waals surface area contributed by atoms with Gasteiger partial charge in [0.25, 0.3) is 5.91 Å². The first-order chi connectivity index (χ1) is 12.6. The van der Waals surface area contributed by atoms with Gasteiger partial charge < -0.3 is 23.8 Å². The number of methoxy groups -OCH3 is 1. The summed E-state index contributed by atoms with van der Waals surface area (Å²) in [5.74, 6) is 1.77. The fraction of sp³-hybridized carbons (Fsp3) is 0.474. The summed E-state index contributed by atoms with van der Waals surface area (Å²) >= 11 is 0. The van der Waals surface area contributed by atoms with Crippen LogP contribution in [0.4, 0.5) is 5.95 Å². The molecule has 1 amide bonds. The van der Waals surface area contributed by atoms with Gasteiger partial charge in [-0.2, -0.15) is 0 Å². The highest BCUT2D eigenvalue weighted by Gasteiger charge is 2.26. The van der Waals surface area contributed by atoms with E-state index >= 15 is 0 Å². The van der Waals surface area contributed by atoms with Crippen LogP contribution >= 0.6 is 0 Å². The minimum Gasteiger partial charge on any atom is -0.497 e. The summed E-state index contributed by atoms with van der Waals surface area (Å²) in [7, 11) is 3.62. The Morgan fingerprint density at radius 2 is 2.04 bits per heavy atom. The number of carbonyl (C=O) groups excluding carboxylic acids is 1. The number of hydrogen-bond acceptors (Lipinski definition) is 5. The SMILES string of the molecule is COc1cccc(COC(C)C(=O)N2CCN(c3nccn3C)CC2)c1. The number of aryl methyl sites for hydroxylation is 1. The first kappa shape index (κ1) is 18.3. The number of benzene rings is 1. The number of amides is 1. The van der Waals surface area contributed by atoms with Crippen LogP contribution in [-0.2, 0) is 23.2 Å². The smallest absolute Gasteiger partial charge is 0.251 e. The van der Waals surface area contributed by atoms with Crippen molar-refractivity contribution in [3.63, 3.8) is 0 Å². The van der Waals surface area contributed by atoms with Gasteiger partial charge in [-0.25, -0.2) is 4.98 Å².